The predicted octanol–water partition coefficient (Wildman–Crippen LogP) is 1.30. The molecule has 0 radical (unpaired) electrons. The van der Waals surface area contributed by atoms with Crippen molar-refractivity contribution in [3.8, 4) is 0 Å². The van der Waals surface area contributed by atoms with Gasteiger partial charge in [-0.3, -0.25) is 4.79 Å². The molecule has 18 heavy (non-hydrogen) atoms. The first-order valence-corrected chi connectivity index (χ1v) is 5.82. The van der Waals surface area contributed by atoms with Crippen LogP contribution in [0.1, 0.15) is 25.2 Å². The van der Waals surface area contributed by atoms with Crippen LogP contribution in [0, 0.1) is 0 Å². The lowest BCUT2D eigenvalue weighted by atomic mass is 9.79. The molecule has 0 fully saturated rings. The van der Waals surface area contributed by atoms with Crippen LogP contribution < -0.4 is 0 Å². The van der Waals surface area contributed by atoms with Crippen molar-refractivity contribution >= 4 is 5.78 Å². The number of benzene rings is 1. The zero-order chi connectivity index (χ0) is 13.2. The molecule has 0 amide bonds. The molecule has 0 saturated heterocycles. The number of aromatic nitrogens is 4. The fraction of sp³-hybridized carbons (Fsp3) is 0.385. The fourth-order valence-electron chi connectivity index (χ4n) is 1.77. The molecule has 5 heteroatoms. The zero-order valence-corrected chi connectivity index (χ0v) is 10.8. The fourth-order valence-corrected chi connectivity index (χ4v) is 1.77. The highest BCUT2D eigenvalue weighted by Gasteiger charge is 2.30. The smallest absolute Gasteiger partial charge is 0.182 e. The third kappa shape index (κ3) is 2.45. The van der Waals surface area contributed by atoms with Gasteiger partial charge in [-0.25, -0.2) is 0 Å². The van der Waals surface area contributed by atoms with Gasteiger partial charge < -0.3 is 0 Å². The lowest BCUT2D eigenvalue weighted by Crippen LogP contribution is -2.30. The second kappa shape index (κ2) is 4.68. The Morgan fingerprint density at radius 3 is 2.50 bits per heavy atom. The van der Waals surface area contributed by atoms with Gasteiger partial charge in [0.25, 0.3) is 0 Å². The molecule has 0 spiro atoms. The molecule has 0 aliphatic carbocycles. The Morgan fingerprint density at radius 2 is 1.94 bits per heavy atom. The third-order valence-electron chi connectivity index (χ3n) is 3.06. The molecule has 1 aromatic heterocycles. The van der Waals surface area contributed by atoms with E-state index in [0.717, 1.165) is 5.56 Å². The van der Waals surface area contributed by atoms with Crippen LogP contribution in [-0.2, 0) is 23.7 Å². The Kier molecular flexibility index (Phi) is 3.23. The van der Waals surface area contributed by atoms with Gasteiger partial charge in [0.15, 0.2) is 11.6 Å². The van der Waals surface area contributed by atoms with Crippen LogP contribution in [0.4, 0.5) is 0 Å². The van der Waals surface area contributed by atoms with Crippen molar-refractivity contribution in [2.75, 3.05) is 0 Å². The Labute approximate surface area is 106 Å². The van der Waals surface area contributed by atoms with Crippen LogP contribution in [0.25, 0.3) is 0 Å². The maximum Gasteiger partial charge on any atom is 0.182 e. The molecular weight excluding hydrogens is 228 g/mol. The highest BCUT2D eigenvalue weighted by atomic mass is 16.1. The first-order chi connectivity index (χ1) is 8.50. The first kappa shape index (κ1) is 12.4. The van der Waals surface area contributed by atoms with E-state index in [0.29, 0.717) is 5.82 Å². The number of tetrazole rings is 1. The van der Waals surface area contributed by atoms with E-state index in [1.165, 1.54) is 4.80 Å². The van der Waals surface area contributed by atoms with Gasteiger partial charge in [0.2, 0.25) is 0 Å². The van der Waals surface area contributed by atoms with Gasteiger partial charge in [-0.1, -0.05) is 30.3 Å². The van der Waals surface area contributed by atoms with Crippen molar-refractivity contribution in [3.63, 3.8) is 0 Å². The average molecular weight is 244 g/mol. The molecule has 0 aliphatic heterocycles. The standard InChI is InChI=1S/C13H16N4O/c1-13(2,10-7-5-4-6-8-10)11(18)9-12-14-16-17(3)15-12/h4-8H,9H2,1-3H3. The molecule has 0 atom stereocenters. The molecule has 94 valence electrons. The van der Waals surface area contributed by atoms with E-state index in [-0.39, 0.29) is 12.2 Å². The van der Waals surface area contributed by atoms with Crippen LogP contribution in [0.2, 0.25) is 0 Å². The van der Waals surface area contributed by atoms with Crippen LogP contribution in [0.15, 0.2) is 30.3 Å². The summed E-state index contributed by atoms with van der Waals surface area (Å²) in [6.45, 7) is 3.84. The van der Waals surface area contributed by atoms with Crippen LogP contribution in [0.5, 0.6) is 0 Å². The van der Waals surface area contributed by atoms with Crippen molar-refractivity contribution < 1.29 is 4.79 Å². The molecule has 0 aliphatic rings. The van der Waals surface area contributed by atoms with Gasteiger partial charge in [-0.05, 0) is 24.6 Å². The summed E-state index contributed by atoms with van der Waals surface area (Å²) in [4.78, 5) is 13.7. The van der Waals surface area contributed by atoms with Crippen molar-refractivity contribution in [1.82, 2.24) is 20.2 Å². The van der Waals surface area contributed by atoms with Gasteiger partial charge in [-0.15, -0.1) is 10.2 Å². The first-order valence-electron chi connectivity index (χ1n) is 5.82. The minimum Gasteiger partial charge on any atom is -0.298 e. The summed E-state index contributed by atoms with van der Waals surface area (Å²) in [6, 6.07) is 9.73. The molecule has 0 saturated carbocycles. The molecular formula is C13H16N4O. The highest BCUT2D eigenvalue weighted by Crippen LogP contribution is 2.24. The minimum atomic E-state index is -0.541. The monoisotopic (exact) mass is 244 g/mol. The molecule has 0 bridgehead atoms. The predicted molar refractivity (Wildman–Crippen MR) is 67.0 cm³/mol. The summed E-state index contributed by atoms with van der Waals surface area (Å²) in [5.41, 5.74) is 0.458. The lowest BCUT2D eigenvalue weighted by Gasteiger charge is -2.22. The number of nitrogens with zero attached hydrogens (tertiary/aromatic N) is 4. The summed E-state index contributed by atoms with van der Waals surface area (Å²) in [6.07, 6.45) is 0.204. The van der Waals surface area contributed by atoms with E-state index in [1.807, 2.05) is 44.2 Å². The summed E-state index contributed by atoms with van der Waals surface area (Å²) >= 11 is 0. The van der Waals surface area contributed by atoms with Gasteiger partial charge in [0.05, 0.1) is 13.5 Å². The van der Waals surface area contributed by atoms with Crippen molar-refractivity contribution in [3.05, 3.63) is 41.7 Å². The highest BCUT2D eigenvalue weighted by molar-refractivity contribution is 5.90. The van der Waals surface area contributed by atoms with Crippen molar-refractivity contribution in [1.29, 1.82) is 0 Å². The van der Waals surface area contributed by atoms with E-state index in [2.05, 4.69) is 15.4 Å². The Hall–Kier alpha value is -2.04. The van der Waals surface area contributed by atoms with Gasteiger partial charge in [0, 0.05) is 5.41 Å². The van der Waals surface area contributed by atoms with E-state index >= 15 is 0 Å². The van der Waals surface area contributed by atoms with Crippen LogP contribution in [0.3, 0.4) is 0 Å². The Balaban J connectivity index is 2.18. The number of rotatable bonds is 4. The summed E-state index contributed by atoms with van der Waals surface area (Å²) < 4.78 is 0. The number of ketones is 1. The zero-order valence-electron chi connectivity index (χ0n) is 10.8. The number of hydrogen-bond donors (Lipinski definition) is 0. The Morgan fingerprint density at radius 1 is 1.28 bits per heavy atom. The van der Waals surface area contributed by atoms with Crippen LogP contribution >= 0.6 is 0 Å². The second-order valence-corrected chi connectivity index (χ2v) is 4.79. The Bertz CT molecular complexity index is 545. The number of carbonyl (C=O) groups is 1. The SMILES string of the molecule is Cn1nnc(CC(=O)C(C)(C)c2ccccc2)n1. The van der Waals surface area contributed by atoms with Gasteiger partial charge in [-0.2, -0.15) is 4.80 Å². The lowest BCUT2D eigenvalue weighted by molar-refractivity contribution is -0.122. The normalized spacial score (nSPS) is 11.5. The summed E-state index contributed by atoms with van der Waals surface area (Å²) in [5.74, 6) is 0.549. The summed E-state index contributed by atoms with van der Waals surface area (Å²) in [7, 11) is 1.68. The van der Waals surface area contributed by atoms with E-state index in [4.69, 9.17) is 0 Å². The molecule has 5 nitrogen and oxygen atoms in total. The maximum atomic E-state index is 12.3. The number of aryl methyl sites for hydroxylation is 1. The maximum absolute atomic E-state index is 12.3. The quantitative estimate of drug-likeness (QED) is 0.813. The minimum absolute atomic E-state index is 0.0849. The molecule has 1 heterocycles. The number of Topliss-reactive ketones (excluding diaryl/α,β-unsaturated/α-hetero) is 1. The van der Waals surface area contributed by atoms with Crippen molar-refractivity contribution in [2.24, 2.45) is 7.05 Å². The molecule has 2 rings (SSSR count). The topological polar surface area (TPSA) is 60.7 Å². The number of hydrogen-bond acceptors (Lipinski definition) is 4. The molecule has 0 N–H and O–H groups in total. The molecule has 0 unspecified atom stereocenters. The summed E-state index contributed by atoms with van der Waals surface area (Å²) in [5, 5.41) is 11.6. The number of carbonyl (C=O) groups excluding carboxylic acids is 1. The van der Waals surface area contributed by atoms with Crippen molar-refractivity contribution in [2.45, 2.75) is 25.7 Å². The largest absolute Gasteiger partial charge is 0.298 e. The average Bonchev–Trinajstić information content (AvgIpc) is 2.76. The van der Waals surface area contributed by atoms with E-state index in [1.54, 1.807) is 7.05 Å². The second-order valence-electron chi connectivity index (χ2n) is 4.79. The molecule has 2 aromatic rings. The van der Waals surface area contributed by atoms with Gasteiger partial charge in [0.1, 0.15) is 0 Å². The van der Waals surface area contributed by atoms with E-state index in [9.17, 15) is 4.79 Å². The molecule has 1 aromatic carbocycles. The third-order valence-corrected chi connectivity index (χ3v) is 3.06. The van der Waals surface area contributed by atoms with Crippen LogP contribution in [-0.4, -0.2) is 26.0 Å². The van der Waals surface area contributed by atoms with Gasteiger partial charge >= 0.3 is 0 Å². The van der Waals surface area contributed by atoms with E-state index < -0.39 is 5.41 Å².